The van der Waals surface area contributed by atoms with Crippen molar-refractivity contribution in [2.24, 2.45) is 16.6 Å². The molecule has 0 aliphatic heterocycles. The minimum absolute atomic E-state index is 0. The standard InChI is InChI=1S/C20H26N4O.HI/c1-13(2)19(25)23-17-9-6-16(7-10-17)12-22-20(21)24-18-8-5-14(3)15(4)11-18;/h5-11,13H,12H2,1-4H3,(H,23,25)(H3,21,22,24);1H. The molecule has 0 spiro atoms. The largest absolute Gasteiger partial charge is 0.370 e. The van der Waals surface area contributed by atoms with Crippen LogP contribution in [0.3, 0.4) is 0 Å². The molecule has 1 amide bonds. The summed E-state index contributed by atoms with van der Waals surface area (Å²) >= 11 is 0. The van der Waals surface area contributed by atoms with E-state index < -0.39 is 0 Å². The van der Waals surface area contributed by atoms with E-state index in [2.05, 4.69) is 35.5 Å². The number of guanidine groups is 1. The Morgan fingerprint density at radius 2 is 1.62 bits per heavy atom. The summed E-state index contributed by atoms with van der Waals surface area (Å²) in [4.78, 5) is 16.0. The number of nitrogens with one attached hydrogen (secondary N) is 2. The van der Waals surface area contributed by atoms with Crippen LogP contribution >= 0.6 is 24.0 Å². The van der Waals surface area contributed by atoms with Crippen LogP contribution in [-0.4, -0.2) is 11.9 Å². The number of aliphatic imine (C=N–C) groups is 1. The molecule has 26 heavy (non-hydrogen) atoms. The van der Waals surface area contributed by atoms with Crippen molar-refractivity contribution in [1.82, 2.24) is 0 Å². The van der Waals surface area contributed by atoms with E-state index in [9.17, 15) is 4.79 Å². The molecule has 140 valence electrons. The van der Waals surface area contributed by atoms with Crippen LogP contribution in [0, 0.1) is 19.8 Å². The Bertz CT molecular complexity index is 770. The maximum Gasteiger partial charge on any atom is 0.226 e. The Hall–Kier alpha value is -2.09. The molecule has 4 N–H and O–H groups in total. The SMILES string of the molecule is Cc1ccc(NC(N)=NCc2ccc(NC(=O)C(C)C)cc2)cc1C.I. The smallest absolute Gasteiger partial charge is 0.226 e. The summed E-state index contributed by atoms with van der Waals surface area (Å²) in [6, 6.07) is 13.7. The van der Waals surface area contributed by atoms with Gasteiger partial charge in [0.15, 0.2) is 5.96 Å². The third-order valence-corrected chi connectivity index (χ3v) is 3.96. The van der Waals surface area contributed by atoms with Crippen molar-refractivity contribution in [2.45, 2.75) is 34.2 Å². The van der Waals surface area contributed by atoms with Gasteiger partial charge in [-0.15, -0.1) is 24.0 Å². The molecular formula is C20H27IN4O. The second-order valence-corrected chi connectivity index (χ2v) is 6.47. The average Bonchev–Trinajstić information content (AvgIpc) is 2.57. The highest BCUT2D eigenvalue weighted by atomic mass is 127. The van der Waals surface area contributed by atoms with Crippen LogP contribution in [-0.2, 0) is 11.3 Å². The van der Waals surface area contributed by atoms with Crippen molar-refractivity contribution in [3.8, 4) is 0 Å². The number of benzene rings is 2. The minimum Gasteiger partial charge on any atom is -0.370 e. The van der Waals surface area contributed by atoms with Crippen molar-refractivity contribution in [3.05, 3.63) is 59.2 Å². The summed E-state index contributed by atoms with van der Waals surface area (Å²) in [7, 11) is 0. The highest BCUT2D eigenvalue weighted by Gasteiger charge is 2.06. The number of nitrogens with two attached hydrogens (primary N) is 1. The Morgan fingerprint density at radius 3 is 2.19 bits per heavy atom. The lowest BCUT2D eigenvalue weighted by Gasteiger charge is -2.09. The summed E-state index contributed by atoms with van der Waals surface area (Å²) in [6.45, 7) is 8.34. The van der Waals surface area contributed by atoms with Gasteiger partial charge in [0.05, 0.1) is 6.54 Å². The van der Waals surface area contributed by atoms with Crippen molar-refractivity contribution in [2.75, 3.05) is 10.6 Å². The van der Waals surface area contributed by atoms with Crippen molar-refractivity contribution >= 4 is 47.2 Å². The van der Waals surface area contributed by atoms with Gasteiger partial charge in [-0.05, 0) is 54.8 Å². The zero-order valence-electron chi connectivity index (χ0n) is 15.7. The summed E-state index contributed by atoms with van der Waals surface area (Å²) in [5.41, 5.74) is 11.1. The second kappa shape index (κ2) is 10.2. The van der Waals surface area contributed by atoms with E-state index in [1.54, 1.807) is 0 Å². The molecule has 0 fully saturated rings. The van der Waals surface area contributed by atoms with E-state index in [-0.39, 0.29) is 35.8 Å². The van der Waals surface area contributed by atoms with Crippen molar-refractivity contribution in [1.29, 1.82) is 0 Å². The first-order valence-corrected chi connectivity index (χ1v) is 8.39. The van der Waals surface area contributed by atoms with Crippen LogP contribution in [0.5, 0.6) is 0 Å². The zero-order chi connectivity index (χ0) is 18.4. The number of anilines is 2. The molecule has 2 aromatic carbocycles. The average molecular weight is 466 g/mol. The highest BCUT2D eigenvalue weighted by molar-refractivity contribution is 14.0. The Balaban J connectivity index is 0.00000338. The maximum absolute atomic E-state index is 11.7. The molecule has 0 heterocycles. The lowest BCUT2D eigenvalue weighted by Crippen LogP contribution is -2.22. The second-order valence-electron chi connectivity index (χ2n) is 6.47. The number of aryl methyl sites for hydroxylation is 2. The first-order valence-electron chi connectivity index (χ1n) is 8.39. The summed E-state index contributed by atoms with van der Waals surface area (Å²) in [6.07, 6.45) is 0. The number of nitrogens with zero attached hydrogens (tertiary/aromatic N) is 1. The molecule has 0 aliphatic carbocycles. The molecule has 5 nitrogen and oxygen atoms in total. The van der Waals surface area contributed by atoms with E-state index in [0.29, 0.717) is 12.5 Å². The highest BCUT2D eigenvalue weighted by Crippen LogP contribution is 2.14. The molecule has 2 rings (SSSR count). The minimum atomic E-state index is -0.0411. The third kappa shape index (κ3) is 6.67. The van der Waals surface area contributed by atoms with Gasteiger partial charge < -0.3 is 16.4 Å². The predicted octanol–water partition coefficient (Wildman–Crippen LogP) is 4.44. The van der Waals surface area contributed by atoms with Gasteiger partial charge in [0.25, 0.3) is 0 Å². The molecule has 0 unspecified atom stereocenters. The van der Waals surface area contributed by atoms with Crippen molar-refractivity contribution in [3.63, 3.8) is 0 Å². The van der Waals surface area contributed by atoms with Gasteiger partial charge in [-0.2, -0.15) is 0 Å². The topological polar surface area (TPSA) is 79.5 Å². The molecule has 0 saturated heterocycles. The maximum atomic E-state index is 11.7. The fraction of sp³-hybridized carbons (Fsp3) is 0.300. The first kappa shape index (κ1) is 22.0. The zero-order valence-corrected chi connectivity index (χ0v) is 18.0. The molecule has 2 aromatic rings. The van der Waals surface area contributed by atoms with Crippen LogP contribution in [0.15, 0.2) is 47.5 Å². The normalized spacial score (nSPS) is 11.0. The van der Waals surface area contributed by atoms with Gasteiger partial charge in [-0.25, -0.2) is 4.99 Å². The van der Waals surface area contributed by atoms with Crippen molar-refractivity contribution < 1.29 is 4.79 Å². The van der Waals surface area contributed by atoms with Crippen LogP contribution in [0.25, 0.3) is 0 Å². The lowest BCUT2D eigenvalue weighted by atomic mass is 10.1. The van der Waals surface area contributed by atoms with Crippen LogP contribution in [0.1, 0.15) is 30.5 Å². The van der Waals surface area contributed by atoms with Gasteiger partial charge in [0, 0.05) is 17.3 Å². The molecule has 0 bridgehead atoms. The number of hydrogen-bond acceptors (Lipinski definition) is 2. The summed E-state index contributed by atoms with van der Waals surface area (Å²) in [5, 5.41) is 5.96. The van der Waals surface area contributed by atoms with Gasteiger partial charge in [0.2, 0.25) is 5.91 Å². The molecule has 0 saturated carbocycles. The van der Waals surface area contributed by atoms with Crippen LogP contribution < -0.4 is 16.4 Å². The molecule has 0 aliphatic rings. The van der Waals surface area contributed by atoms with Gasteiger partial charge >= 0.3 is 0 Å². The predicted molar refractivity (Wildman–Crippen MR) is 120 cm³/mol. The van der Waals surface area contributed by atoms with E-state index >= 15 is 0 Å². The summed E-state index contributed by atoms with van der Waals surface area (Å²) < 4.78 is 0. The lowest BCUT2D eigenvalue weighted by molar-refractivity contribution is -0.118. The number of rotatable bonds is 5. The number of hydrogen-bond donors (Lipinski definition) is 3. The van der Waals surface area contributed by atoms with E-state index in [0.717, 1.165) is 16.9 Å². The van der Waals surface area contributed by atoms with Crippen LogP contribution in [0.4, 0.5) is 11.4 Å². The Kier molecular flexibility index (Phi) is 8.57. The number of carbonyl (C=O) groups excluding carboxylic acids is 1. The number of amides is 1. The van der Waals surface area contributed by atoms with Crippen LogP contribution in [0.2, 0.25) is 0 Å². The number of halogens is 1. The molecule has 0 atom stereocenters. The fourth-order valence-electron chi connectivity index (χ4n) is 2.16. The third-order valence-electron chi connectivity index (χ3n) is 3.96. The fourth-order valence-corrected chi connectivity index (χ4v) is 2.16. The quantitative estimate of drug-likeness (QED) is 0.346. The summed E-state index contributed by atoms with van der Waals surface area (Å²) in [5.74, 6) is 0.341. The van der Waals surface area contributed by atoms with Gasteiger partial charge in [0.1, 0.15) is 0 Å². The Labute approximate surface area is 172 Å². The van der Waals surface area contributed by atoms with E-state index in [1.165, 1.54) is 11.1 Å². The van der Waals surface area contributed by atoms with Gasteiger partial charge in [-0.3, -0.25) is 4.79 Å². The van der Waals surface area contributed by atoms with Gasteiger partial charge in [-0.1, -0.05) is 32.0 Å². The monoisotopic (exact) mass is 466 g/mol. The first-order chi connectivity index (χ1) is 11.8. The molecule has 0 radical (unpaired) electrons. The molecule has 6 heteroatoms. The van der Waals surface area contributed by atoms with E-state index in [1.807, 2.05) is 50.2 Å². The molecule has 0 aromatic heterocycles. The number of carbonyl (C=O) groups is 1. The molecular weight excluding hydrogens is 439 g/mol. The Morgan fingerprint density at radius 1 is 1.00 bits per heavy atom. The van der Waals surface area contributed by atoms with E-state index in [4.69, 9.17) is 5.73 Å².